The molecule has 2 aliphatic heterocycles. The highest BCUT2D eigenvalue weighted by molar-refractivity contribution is 7.91. The summed E-state index contributed by atoms with van der Waals surface area (Å²) in [6.45, 7) is 8.80. The molecule has 2 heterocycles. The molecule has 0 saturated carbocycles. The monoisotopic (exact) mass is 290 g/mol. The Hall–Kier alpha value is -0.170. The Kier molecular flexibility index (Phi) is 5.22. The maximum atomic E-state index is 11.4. The maximum absolute atomic E-state index is 11.4. The molecule has 2 atom stereocenters. The Bertz CT molecular complexity index is 383. The van der Waals surface area contributed by atoms with E-state index >= 15 is 0 Å². The minimum atomic E-state index is -2.75. The van der Waals surface area contributed by atoms with Crippen molar-refractivity contribution in [2.45, 2.75) is 32.4 Å². The molecule has 2 unspecified atom stereocenters. The number of ether oxygens (including phenoxy) is 1. The average Bonchev–Trinajstić information content (AvgIpc) is 2.69. The van der Waals surface area contributed by atoms with Crippen molar-refractivity contribution in [3.8, 4) is 0 Å². The van der Waals surface area contributed by atoms with Gasteiger partial charge in [-0.15, -0.1) is 0 Å². The van der Waals surface area contributed by atoms with E-state index in [1.165, 1.54) is 0 Å². The van der Waals surface area contributed by atoms with Gasteiger partial charge >= 0.3 is 0 Å². The van der Waals surface area contributed by atoms with Crippen LogP contribution in [0.5, 0.6) is 0 Å². The Morgan fingerprint density at radius 1 is 1.37 bits per heavy atom. The third kappa shape index (κ3) is 4.70. The molecule has 5 nitrogen and oxygen atoms in total. The molecule has 2 rings (SSSR count). The van der Waals surface area contributed by atoms with Gasteiger partial charge in [-0.3, -0.25) is 4.90 Å². The van der Waals surface area contributed by atoms with Crippen LogP contribution in [0.25, 0.3) is 0 Å². The Balaban J connectivity index is 1.66. The zero-order valence-electron chi connectivity index (χ0n) is 12.0. The summed E-state index contributed by atoms with van der Waals surface area (Å²) >= 11 is 0. The topological polar surface area (TPSA) is 58.6 Å². The minimum absolute atomic E-state index is 0.231. The molecule has 1 N–H and O–H groups in total. The van der Waals surface area contributed by atoms with Crippen molar-refractivity contribution >= 4 is 9.84 Å². The second kappa shape index (κ2) is 6.52. The van der Waals surface area contributed by atoms with Gasteiger partial charge in [0.25, 0.3) is 0 Å². The predicted octanol–water partition coefficient (Wildman–Crippen LogP) is 0.120. The van der Waals surface area contributed by atoms with Crippen molar-refractivity contribution in [2.24, 2.45) is 5.92 Å². The van der Waals surface area contributed by atoms with Crippen molar-refractivity contribution in [3.63, 3.8) is 0 Å². The maximum Gasteiger partial charge on any atom is 0.150 e. The van der Waals surface area contributed by atoms with Gasteiger partial charge in [0.15, 0.2) is 9.84 Å². The molecule has 2 saturated heterocycles. The van der Waals surface area contributed by atoms with Crippen molar-refractivity contribution in [1.82, 2.24) is 10.2 Å². The standard InChI is InChI=1S/C13H26N2O3S/c1-11(2)15-4-5-18-13(9-15)8-14-7-12-3-6-19(16,17)10-12/h11-14H,3-10H2,1-2H3. The molecule has 0 aromatic heterocycles. The molecule has 0 aromatic rings. The zero-order valence-corrected chi connectivity index (χ0v) is 12.8. The molecule has 0 aliphatic carbocycles. The van der Waals surface area contributed by atoms with E-state index in [0.717, 1.165) is 39.2 Å². The molecular formula is C13H26N2O3S. The van der Waals surface area contributed by atoms with Crippen LogP contribution in [0.4, 0.5) is 0 Å². The number of hydrogen-bond acceptors (Lipinski definition) is 5. The van der Waals surface area contributed by atoms with Crippen molar-refractivity contribution < 1.29 is 13.2 Å². The first-order valence-electron chi connectivity index (χ1n) is 7.23. The summed E-state index contributed by atoms with van der Waals surface area (Å²) in [5.74, 6) is 0.999. The first-order chi connectivity index (χ1) is 8.96. The van der Waals surface area contributed by atoms with E-state index in [4.69, 9.17) is 4.74 Å². The first kappa shape index (κ1) is 15.2. The summed E-state index contributed by atoms with van der Waals surface area (Å²) in [4.78, 5) is 2.43. The minimum Gasteiger partial charge on any atom is -0.374 e. The molecule has 2 aliphatic rings. The SMILES string of the molecule is CC(C)N1CCOC(CNCC2CCS(=O)(=O)C2)C1. The molecule has 0 bridgehead atoms. The van der Waals surface area contributed by atoms with Crippen LogP contribution in [0, 0.1) is 5.92 Å². The Labute approximate surface area is 116 Å². The van der Waals surface area contributed by atoms with Crippen LogP contribution in [0.3, 0.4) is 0 Å². The first-order valence-corrected chi connectivity index (χ1v) is 9.05. The summed E-state index contributed by atoms with van der Waals surface area (Å²) in [5, 5.41) is 3.38. The van der Waals surface area contributed by atoms with Crippen LogP contribution >= 0.6 is 0 Å². The van der Waals surface area contributed by atoms with Crippen LogP contribution < -0.4 is 5.32 Å². The molecule has 19 heavy (non-hydrogen) atoms. The Morgan fingerprint density at radius 3 is 2.79 bits per heavy atom. The van der Waals surface area contributed by atoms with E-state index in [0.29, 0.717) is 17.5 Å². The van der Waals surface area contributed by atoms with E-state index in [1.807, 2.05) is 0 Å². The van der Waals surface area contributed by atoms with Crippen LogP contribution in [0.2, 0.25) is 0 Å². The van der Waals surface area contributed by atoms with Crippen LogP contribution in [-0.4, -0.2) is 69.8 Å². The molecule has 112 valence electrons. The number of morpholine rings is 1. The van der Waals surface area contributed by atoms with Gasteiger partial charge in [-0.25, -0.2) is 8.42 Å². The number of hydrogen-bond donors (Lipinski definition) is 1. The molecule has 6 heteroatoms. The van der Waals surface area contributed by atoms with Crippen molar-refractivity contribution in [3.05, 3.63) is 0 Å². The highest BCUT2D eigenvalue weighted by atomic mass is 32.2. The van der Waals surface area contributed by atoms with E-state index in [2.05, 4.69) is 24.1 Å². The molecule has 0 spiro atoms. The summed E-state index contributed by atoms with van der Waals surface area (Å²) in [5.41, 5.74) is 0. The smallest absolute Gasteiger partial charge is 0.150 e. The zero-order chi connectivity index (χ0) is 13.9. The lowest BCUT2D eigenvalue weighted by Gasteiger charge is -2.35. The van der Waals surface area contributed by atoms with E-state index in [1.54, 1.807) is 0 Å². The van der Waals surface area contributed by atoms with Crippen LogP contribution in [-0.2, 0) is 14.6 Å². The molecule has 0 amide bonds. The van der Waals surface area contributed by atoms with E-state index in [-0.39, 0.29) is 12.0 Å². The third-order valence-corrected chi connectivity index (χ3v) is 5.87. The summed E-state index contributed by atoms with van der Waals surface area (Å²) in [7, 11) is -2.75. The molecule has 0 radical (unpaired) electrons. The predicted molar refractivity (Wildman–Crippen MR) is 76.1 cm³/mol. The number of nitrogens with one attached hydrogen (secondary N) is 1. The van der Waals surface area contributed by atoms with Crippen LogP contribution in [0.1, 0.15) is 20.3 Å². The summed E-state index contributed by atoms with van der Waals surface area (Å²) in [6, 6.07) is 0.561. The van der Waals surface area contributed by atoms with Crippen molar-refractivity contribution in [1.29, 1.82) is 0 Å². The van der Waals surface area contributed by atoms with E-state index < -0.39 is 9.84 Å². The molecule has 0 aromatic carbocycles. The summed E-state index contributed by atoms with van der Waals surface area (Å²) in [6.07, 6.45) is 1.04. The second-order valence-electron chi connectivity index (χ2n) is 6.01. The second-order valence-corrected chi connectivity index (χ2v) is 8.24. The van der Waals surface area contributed by atoms with Gasteiger partial charge in [0.2, 0.25) is 0 Å². The molecular weight excluding hydrogens is 264 g/mol. The normalized spacial score (nSPS) is 31.9. The lowest BCUT2D eigenvalue weighted by molar-refractivity contribution is -0.0373. The quantitative estimate of drug-likeness (QED) is 0.779. The lowest BCUT2D eigenvalue weighted by atomic mass is 10.1. The highest BCUT2D eigenvalue weighted by Crippen LogP contribution is 2.17. The Morgan fingerprint density at radius 2 is 2.16 bits per heavy atom. The van der Waals surface area contributed by atoms with Gasteiger partial charge in [0.05, 0.1) is 24.2 Å². The summed E-state index contributed by atoms with van der Waals surface area (Å²) < 4.78 is 28.5. The largest absolute Gasteiger partial charge is 0.374 e. The highest BCUT2D eigenvalue weighted by Gasteiger charge is 2.28. The fourth-order valence-corrected chi connectivity index (χ4v) is 4.68. The van der Waals surface area contributed by atoms with Gasteiger partial charge in [-0.05, 0) is 32.7 Å². The van der Waals surface area contributed by atoms with Gasteiger partial charge in [-0.2, -0.15) is 0 Å². The fraction of sp³-hybridized carbons (Fsp3) is 1.00. The fourth-order valence-electron chi connectivity index (χ4n) is 2.82. The molecule has 2 fully saturated rings. The van der Waals surface area contributed by atoms with Gasteiger partial charge in [-0.1, -0.05) is 0 Å². The van der Waals surface area contributed by atoms with Crippen LogP contribution in [0.15, 0.2) is 0 Å². The number of sulfone groups is 1. The van der Waals surface area contributed by atoms with Gasteiger partial charge < -0.3 is 10.1 Å². The average molecular weight is 290 g/mol. The van der Waals surface area contributed by atoms with Gasteiger partial charge in [0.1, 0.15) is 0 Å². The van der Waals surface area contributed by atoms with Crippen molar-refractivity contribution in [2.75, 3.05) is 44.3 Å². The number of rotatable bonds is 5. The lowest BCUT2D eigenvalue weighted by Crippen LogP contribution is -2.49. The van der Waals surface area contributed by atoms with E-state index in [9.17, 15) is 8.42 Å². The third-order valence-electron chi connectivity index (χ3n) is 4.03. The van der Waals surface area contributed by atoms with Gasteiger partial charge in [0, 0.05) is 25.7 Å². The number of nitrogens with zero attached hydrogens (tertiary/aromatic N) is 1.